The molecule has 1 aromatic carbocycles. The maximum absolute atomic E-state index is 11.0. The normalized spacial score (nSPS) is 11.2. The summed E-state index contributed by atoms with van der Waals surface area (Å²) in [5.74, 6) is 0.0430. The number of nitro groups is 1. The molecule has 116 valence electrons. The van der Waals surface area contributed by atoms with Crippen molar-refractivity contribution in [1.29, 1.82) is 0 Å². The molecule has 0 unspecified atom stereocenters. The lowest BCUT2D eigenvalue weighted by atomic mass is 10.2. The molecule has 2 N–H and O–H groups in total. The van der Waals surface area contributed by atoms with E-state index in [2.05, 4.69) is 20.6 Å². The van der Waals surface area contributed by atoms with Crippen molar-refractivity contribution in [2.24, 2.45) is 5.10 Å². The molecule has 3 aromatic rings. The molecule has 0 saturated carbocycles. The van der Waals surface area contributed by atoms with Crippen molar-refractivity contribution in [2.75, 3.05) is 5.73 Å². The molecule has 0 aliphatic heterocycles. The average molecular weight is 333 g/mol. The minimum Gasteiger partial charge on any atom is -0.365 e. The number of halogens is 1. The number of tetrazole rings is 1. The Kier molecular flexibility index (Phi) is 3.73. The summed E-state index contributed by atoms with van der Waals surface area (Å²) in [6.45, 7) is 0. The number of nitrogen functional groups attached to an aromatic ring is 1. The highest BCUT2D eigenvalue weighted by Crippen LogP contribution is 2.27. The van der Waals surface area contributed by atoms with Gasteiger partial charge >= 0.3 is 0 Å². The second-order valence-electron chi connectivity index (χ2n) is 4.37. The molecule has 0 spiro atoms. The van der Waals surface area contributed by atoms with E-state index in [4.69, 9.17) is 17.3 Å². The summed E-state index contributed by atoms with van der Waals surface area (Å²) in [7, 11) is 0. The zero-order valence-corrected chi connectivity index (χ0v) is 12.2. The molecule has 0 aliphatic rings. The Morgan fingerprint density at radius 2 is 2.22 bits per heavy atom. The maximum Gasteiger partial charge on any atom is 0.289 e. The monoisotopic (exact) mass is 332 g/mol. The molecule has 0 bridgehead atoms. The molecule has 2 heterocycles. The minimum absolute atomic E-state index is 0.0430. The summed E-state index contributed by atoms with van der Waals surface area (Å²) in [5, 5.41) is 25.5. The molecular formula is C12H9ClN8O2. The Bertz CT molecular complexity index is 900. The summed E-state index contributed by atoms with van der Waals surface area (Å²) in [5.41, 5.74) is 6.56. The number of hydrogen-bond donors (Lipinski definition) is 1. The van der Waals surface area contributed by atoms with Crippen LogP contribution in [0.2, 0.25) is 5.02 Å². The number of hydrogen-bond acceptors (Lipinski definition) is 7. The first-order valence-corrected chi connectivity index (χ1v) is 6.64. The molecule has 11 heteroatoms. The van der Waals surface area contributed by atoms with Crippen molar-refractivity contribution in [3.05, 3.63) is 57.4 Å². The van der Waals surface area contributed by atoms with Gasteiger partial charge in [0.05, 0.1) is 22.5 Å². The number of aromatic nitrogens is 5. The molecule has 0 atom stereocenters. The van der Waals surface area contributed by atoms with E-state index in [9.17, 15) is 10.1 Å². The summed E-state index contributed by atoms with van der Waals surface area (Å²) in [4.78, 5) is 11.5. The summed E-state index contributed by atoms with van der Waals surface area (Å²) < 4.78 is 1.70. The van der Waals surface area contributed by atoms with Crippen LogP contribution in [-0.2, 0) is 0 Å². The van der Waals surface area contributed by atoms with E-state index in [0.29, 0.717) is 11.4 Å². The van der Waals surface area contributed by atoms with Gasteiger partial charge in [-0.05, 0) is 34.7 Å². The molecular weight excluding hydrogens is 324 g/mol. The van der Waals surface area contributed by atoms with Gasteiger partial charge in [0.1, 0.15) is 5.02 Å². The lowest BCUT2D eigenvalue weighted by molar-refractivity contribution is -0.384. The Balaban J connectivity index is 1.98. The smallest absolute Gasteiger partial charge is 0.289 e. The van der Waals surface area contributed by atoms with Crippen molar-refractivity contribution in [3.63, 3.8) is 0 Å². The maximum atomic E-state index is 11.0. The van der Waals surface area contributed by atoms with Crippen LogP contribution >= 0.6 is 11.6 Å². The molecule has 0 radical (unpaired) electrons. The fraction of sp³-hybridized carbons (Fsp3) is 0. The van der Waals surface area contributed by atoms with Crippen LogP contribution in [0.15, 0.2) is 41.6 Å². The lowest BCUT2D eigenvalue weighted by Crippen LogP contribution is -2.03. The number of anilines is 1. The number of benzene rings is 1. The van der Waals surface area contributed by atoms with Crippen molar-refractivity contribution >= 4 is 29.5 Å². The van der Waals surface area contributed by atoms with Gasteiger partial charge in [-0.25, -0.2) is 0 Å². The minimum atomic E-state index is -0.537. The Labute approximate surface area is 133 Å². The summed E-state index contributed by atoms with van der Waals surface area (Å²) in [6.07, 6.45) is 3.21. The van der Waals surface area contributed by atoms with E-state index in [1.165, 1.54) is 18.3 Å². The van der Waals surface area contributed by atoms with Gasteiger partial charge in [-0.1, -0.05) is 21.5 Å². The highest BCUT2D eigenvalue weighted by atomic mass is 35.5. The van der Waals surface area contributed by atoms with Gasteiger partial charge in [0, 0.05) is 12.3 Å². The van der Waals surface area contributed by atoms with Crippen LogP contribution in [-0.4, -0.2) is 36.0 Å². The second-order valence-corrected chi connectivity index (χ2v) is 4.77. The number of nitrogens with two attached hydrogens (primary N) is 1. The van der Waals surface area contributed by atoms with Crippen LogP contribution in [0, 0.1) is 10.1 Å². The first kappa shape index (κ1) is 14.7. The Morgan fingerprint density at radius 1 is 1.39 bits per heavy atom. The molecule has 0 saturated heterocycles. The topological polar surface area (TPSA) is 130 Å². The van der Waals surface area contributed by atoms with Gasteiger partial charge in [0.15, 0.2) is 0 Å². The molecule has 0 aliphatic carbocycles. The van der Waals surface area contributed by atoms with Crippen molar-refractivity contribution in [1.82, 2.24) is 24.9 Å². The van der Waals surface area contributed by atoms with Crippen LogP contribution in [0.5, 0.6) is 0 Å². The van der Waals surface area contributed by atoms with E-state index in [0.717, 1.165) is 4.79 Å². The highest BCUT2D eigenvalue weighted by Gasteiger charge is 2.14. The van der Waals surface area contributed by atoms with Crippen LogP contribution in [0.3, 0.4) is 0 Å². The summed E-state index contributed by atoms with van der Waals surface area (Å²) in [6, 6.07) is 8.05. The lowest BCUT2D eigenvalue weighted by Gasteiger charge is -2.06. The van der Waals surface area contributed by atoms with E-state index in [1.807, 2.05) is 0 Å². The third kappa shape index (κ3) is 2.87. The van der Waals surface area contributed by atoms with Crippen LogP contribution < -0.4 is 5.73 Å². The van der Waals surface area contributed by atoms with Gasteiger partial charge in [0.2, 0.25) is 0 Å². The molecule has 0 fully saturated rings. The zero-order valence-electron chi connectivity index (χ0n) is 11.4. The number of nitro benzene ring substituents is 1. The molecule has 3 rings (SSSR count). The number of nitrogens with zero attached hydrogens (tertiary/aromatic N) is 7. The van der Waals surface area contributed by atoms with Gasteiger partial charge in [0.25, 0.3) is 11.6 Å². The van der Waals surface area contributed by atoms with E-state index >= 15 is 0 Å². The molecule has 0 amide bonds. The number of rotatable bonds is 4. The standard InChI is InChI=1S/C12H9ClN8O2/c13-10-4-3-8(6-11(10)21(22)23)19-5-1-2-9(19)7-15-20-12(14)16-17-18-20/h1-7H,(H2,14,16,18). The molecule has 23 heavy (non-hydrogen) atoms. The Hall–Kier alpha value is -3.27. The predicted molar refractivity (Wildman–Crippen MR) is 82.7 cm³/mol. The van der Waals surface area contributed by atoms with Crippen LogP contribution in [0.25, 0.3) is 5.69 Å². The predicted octanol–water partition coefficient (Wildman–Crippen LogP) is 1.49. The third-order valence-electron chi connectivity index (χ3n) is 2.96. The zero-order chi connectivity index (χ0) is 16.4. The molecule has 2 aromatic heterocycles. The highest BCUT2D eigenvalue weighted by molar-refractivity contribution is 6.32. The van der Waals surface area contributed by atoms with Crippen molar-refractivity contribution in [3.8, 4) is 5.69 Å². The van der Waals surface area contributed by atoms with Gasteiger partial charge in [-0.3, -0.25) is 10.1 Å². The first-order valence-electron chi connectivity index (χ1n) is 6.26. The van der Waals surface area contributed by atoms with E-state index < -0.39 is 4.92 Å². The summed E-state index contributed by atoms with van der Waals surface area (Å²) >= 11 is 5.82. The van der Waals surface area contributed by atoms with Crippen molar-refractivity contribution < 1.29 is 4.92 Å². The average Bonchev–Trinajstić information content (AvgIpc) is 3.14. The fourth-order valence-electron chi connectivity index (χ4n) is 1.91. The second kappa shape index (κ2) is 5.85. The molecule has 10 nitrogen and oxygen atoms in total. The van der Waals surface area contributed by atoms with E-state index in [1.54, 1.807) is 29.0 Å². The van der Waals surface area contributed by atoms with E-state index in [-0.39, 0.29) is 16.7 Å². The van der Waals surface area contributed by atoms with Gasteiger partial charge in [-0.2, -0.15) is 5.10 Å². The quantitative estimate of drug-likeness (QED) is 0.437. The first-order chi connectivity index (χ1) is 11.1. The third-order valence-corrected chi connectivity index (χ3v) is 3.28. The van der Waals surface area contributed by atoms with Gasteiger partial charge in [-0.15, -0.1) is 0 Å². The van der Waals surface area contributed by atoms with Crippen LogP contribution in [0.4, 0.5) is 11.6 Å². The SMILES string of the molecule is Nc1nnnn1N=Cc1cccn1-c1ccc(Cl)c([N+](=O)[O-])c1. The van der Waals surface area contributed by atoms with Gasteiger partial charge < -0.3 is 10.3 Å². The fourth-order valence-corrected chi connectivity index (χ4v) is 2.10. The largest absolute Gasteiger partial charge is 0.365 e. The Morgan fingerprint density at radius 3 is 2.91 bits per heavy atom. The van der Waals surface area contributed by atoms with Crippen molar-refractivity contribution in [2.45, 2.75) is 0 Å². The van der Waals surface area contributed by atoms with Crippen LogP contribution in [0.1, 0.15) is 5.69 Å².